The van der Waals surface area contributed by atoms with E-state index in [1.54, 1.807) is 12.1 Å². The van der Waals surface area contributed by atoms with Crippen molar-refractivity contribution >= 4 is 35.8 Å². The SMILES string of the molecule is O=S1(=O)CC[C@@]2(C[C@H](NS(=O)(=O)c3ccc(Br)cc3)CCO2)C1. The summed E-state index contributed by atoms with van der Waals surface area (Å²) < 4.78 is 57.6. The normalized spacial score (nSPS) is 30.6. The van der Waals surface area contributed by atoms with Crippen molar-refractivity contribution in [1.29, 1.82) is 0 Å². The molecule has 9 heteroatoms. The number of sulfonamides is 1. The summed E-state index contributed by atoms with van der Waals surface area (Å²) in [6.45, 7) is 0.364. The van der Waals surface area contributed by atoms with E-state index in [-0.39, 0.29) is 22.4 Å². The molecule has 2 heterocycles. The second kappa shape index (κ2) is 6.11. The van der Waals surface area contributed by atoms with Crippen LogP contribution in [0.5, 0.6) is 0 Å². The highest BCUT2D eigenvalue weighted by molar-refractivity contribution is 9.10. The molecule has 0 saturated carbocycles. The van der Waals surface area contributed by atoms with E-state index in [1.807, 2.05) is 0 Å². The van der Waals surface area contributed by atoms with Crippen LogP contribution in [-0.4, -0.2) is 46.6 Å². The topological polar surface area (TPSA) is 89.5 Å². The van der Waals surface area contributed by atoms with E-state index in [1.165, 1.54) is 12.1 Å². The van der Waals surface area contributed by atoms with Gasteiger partial charge in [-0.3, -0.25) is 0 Å². The fourth-order valence-corrected chi connectivity index (χ4v) is 6.70. The minimum atomic E-state index is -3.63. The van der Waals surface area contributed by atoms with Gasteiger partial charge in [0, 0.05) is 17.1 Å². The summed E-state index contributed by atoms with van der Waals surface area (Å²) in [7, 11) is -6.71. The maximum atomic E-state index is 12.5. The van der Waals surface area contributed by atoms with Gasteiger partial charge in [0.2, 0.25) is 10.0 Å². The lowest BCUT2D eigenvalue weighted by Gasteiger charge is -2.37. The molecule has 1 N–H and O–H groups in total. The van der Waals surface area contributed by atoms with E-state index in [4.69, 9.17) is 4.74 Å². The summed E-state index contributed by atoms with van der Waals surface area (Å²) in [6.07, 6.45) is 1.37. The molecule has 2 aliphatic rings. The monoisotopic (exact) mass is 423 g/mol. The Hall–Kier alpha value is -0.480. The van der Waals surface area contributed by atoms with Gasteiger partial charge in [0.05, 0.1) is 22.0 Å². The Morgan fingerprint density at radius 3 is 2.57 bits per heavy atom. The third-order valence-electron chi connectivity index (χ3n) is 4.29. The Morgan fingerprint density at radius 1 is 1.26 bits per heavy atom. The molecule has 23 heavy (non-hydrogen) atoms. The molecule has 128 valence electrons. The molecule has 0 unspecified atom stereocenters. The van der Waals surface area contributed by atoms with Crippen LogP contribution in [0.15, 0.2) is 33.6 Å². The first kappa shape index (κ1) is 17.3. The smallest absolute Gasteiger partial charge is 0.240 e. The number of halogens is 1. The number of ether oxygens (including phenoxy) is 1. The lowest BCUT2D eigenvalue weighted by atomic mass is 9.90. The van der Waals surface area contributed by atoms with Crippen LogP contribution in [0.3, 0.4) is 0 Å². The molecule has 2 saturated heterocycles. The van der Waals surface area contributed by atoms with E-state index < -0.39 is 25.5 Å². The van der Waals surface area contributed by atoms with Gasteiger partial charge < -0.3 is 4.74 Å². The highest BCUT2D eigenvalue weighted by Gasteiger charge is 2.47. The van der Waals surface area contributed by atoms with Crippen LogP contribution in [-0.2, 0) is 24.6 Å². The molecule has 0 radical (unpaired) electrons. The molecular formula is C14H18BrNO5S2. The zero-order valence-electron chi connectivity index (χ0n) is 12.4. The summed E-state index contributed by atoms with van der Waals surface area (Å²) in [6, 6.07) is 6.08. The van der Waals surface area contributed by atoms with Crippen LogP contribution in [0.25, 0.3) is 0 Å². The Balaban J connectivity index is 1.74. The highest BCUT2D eigenvalue weighted by Crippen LogP contribution is 2.36. The zero-order chi connectivity index (χ0) is 16.7. The van der Waals surface area contributed by atoms with Crippen molar-refractivity contribution in [1.82, 2.24) is 4.72 Å². The number of sulfone groups is 1. The average Bonchev–Trinajstić information content (AvgIpc) is 2.73. The highest BCUT2D eigenvalue weighted by atomic mass is 79.9. The van der Waals surface area contributed by atoms with Crippen LogP contribution < -0.4 is 4.72 Å². The predicted molar refractivity (Wildman–Crippen MR) is 89.4 cm³/mol. The van der Waals surface area contributed by atoms with E-state index in [9.17, 15) is 16.8 Å². The molecule has 0 aliphatic carbocycles. The average molecular weight is 424 g/mol. The molecule has 0 bridgehead atoms. The summed E-state index contributed by atoms with van der Waals surface area (Å²) in [5, 5.41) is 0. The molecule has 3 rings (SSSR count). The van der Waals surface area contributed by atoms with Gasteiger partial charge >= 0.3 is 0 Å². The van der Waals surface area contributed by atoms with Crippen molar-refractivity contribution in [3.8, 4) is 0 Å². The third kappa shape index (κ3) is 3.96. The Kier molecular flexibility index (Phi) is 4.61. The van der Waals surface area contributed by atoms with Gasteiger partial charge in [-0.2, -0.15) is 0 Å². The van der Waals surface area contributed by atoms with E-state index in [2.05, 4.69) is 20.7 Å². The van der Waals surface area contributed by atoms with Gasteiger partial charge in [-0.1, -0.05) is 15.9 Å². The van der Waals surface area contributed by atoms with Crippen LogP contribution in [0.2, 0.25) is 0 Å². The molecule has 1 spiro atoms. The number of rotatable bonds is 3. The molecule has 0 amide bonds. The van der Waals surface area contributed by atoms with Gasteiger partial charge in [-0.25, -0.2) is 21.6 Å². The van der Waals surface area contributed by atoms with E-state index in [0.29, 0.717) is 25.9 Å². The first-order chi connectivity index (χ1) is 10.7. The maximum absolute atomic E-state index is 12.5. The second-order valence-corrected chi connectivity index (χ2v) is 11.0. The van der Waals surface area contributed by atoms with Crippen molar-refractivity contribution in [3.63, 3.8) is 0 Å². The summed E-state index contributed by atoms with van der Waals surface area (Å²) >= 11 is 3.27. The lowest BCUT2D eigenvalue weighted by Crippen LogP contribution is -2.49. The van der Waals surface area contributed by atoms with Crippen LogP contribution in [0.1, 0.15) is 19.3 Å². The van der Waals surface area contributed by atoms with Crippen molar-refractivity contribution in [2.24, 2.45) is 0 Å². The first-order valence-corrected chi connectivity index (χ1v) is 11.4. The van der Waals surface area contributed by atoms with Gasteiger partial charge in [0.25, 0.3) is 0 Å². The van der Waals surface area contributed by atoms with Gasteiger partial charge in [0.15, 0.2) is 9.84 Å². The quantitative estimate of drug-likeness (QED) is 0.794. The molecule has 2 atom stereocenters. The van der Waals surface area contributed by atoms with Crippen molar-refractivity contribution in [3.05, 3.63) is 28.7 Å². The molecule has 1 aromatic carbocycles. The van der Waals surface area contributed by atoms with Crippen LogP contribution in [0, 0.1) is 0 Å². The van der Waals surface area contributed by atoms with Crippen molar-refractivity contribution in [2.45, 2.75) is 35.8 Å². The van der Waals surface area contributed by atoms with Crippen molar-refractivity contribution in [2.75, 3.05) is 18.1 Å². The second-order valence-electron chi connectivity index (χ2n) is 6.14. The van der Waals surface area contributed by atoms with Gasteiger partial charge in [-0.05, 0) is 43.5 Å². The zero-order valence-corrected chi connectivity index (χ0v) is 15.6. The van der Waals surface area contributed by atoms with Gasteiger partial charge in [-0.15, -0.1) is 0 Å². The summed E-state index contributed by atoms with van der Waals surface area (Å²) in [4.78, 5) is 0.195. The number of hydrogen-bond acceptors (Lipinski definition) is 5. The fraction of sp³-hybridized carbons (Fsp3) is 0.571. The third-order valence-corrected chi connectivity index (χ3v) is 8.15. The molecule has 1 aromatic rings. The maximum Gasteiger partial charge on any atom is 0.240 e. The standard InChI is InChI=1S/C14H18BrNO5S2/c15-11-1-3-13(4-2-11)23(19,20)16-12-5-7-21-14(9-12)6-8-22(17,18)10-14/h1-4,12,16H,5-10H2/t12-,14-/m1/s1. The first-order valence-electron chi connectivity index (χ1n) is 7.32. The van der Waals surface area contributed by atoms with E-state index in [0.717, 1.165) is 4.47 Å². The van der Waals surface area contributed by atoms with Gasteiger partial charge in [0.1, 0.15) is 0 Å². The van der Waals surface area contributed by atoms with E-state index >= 15 is 0 Å². The Labute approximate surface area is 144 Å². The molecule has 0 aromatic heterocycles. The minimum Gasteiger partial charge on any atom is -0.374 e. The Morgan fingerprint density at radius 2 is 1.96 bits per heavy atom. The molecular weight excluding hydrogens is 406 g/mol. The number of nitrogens with one attached hydrogen (secondary N) is 1. The number of hydrogen-bond donors (Lipinski definition) is 1. The summed E-state index contributed by atoms with van der Waals surface area (Å²) in [5.74, 6) is 0.0929. The summed E-state index contributed by atoms with van der Waals surface area (Å²) in [5.41, 5.74) is -0.732. The predicted octanol–water partition coefficient (Wildman–Crippen LogP) is 1.46. The molecule has 2 fully saturated rings. The molecule has 6 nitrogen and oxygen atoms in total. The Bertz CT molecular complexity index is 791. The molecule has 2 aliphatic heterocycles. The largest absolute Gasteiger partial charge is 0.374 e. The number of benzene rings is 1. The lowest BCUT2D eigenvalue weighted by molar-refractivity contribution is -0.0675. The fourth-order valence-electron chi connectivity index (χ4n) is 3.19. The van der Waals surface area contributed by atoms with Crippen molar-refractivity contribution < 1.29 is 21.6 Å². The van der Waals surface area contributed by atoms with Crippen LogP contribution >= 0.6 is 15.9 Å². The minimum absolute atomic E-state index is 0.0173. The van der Waals surface area contributed by atoms with Crippen LogP contribution in [0.4, 0.5) is 0 Å².